The molecule has 0 radical (unpaired) electrons. The first-order valence-corrected chi connectivity index (χ1v) is 5.31. The van der Waals surface area contributed by atoms with Gasteiger partial charge in [-0.15, -0.1) is 0 Å². The van der Waals surface area contributed by atoms with E-state index in [9.17, 15) is 15.0 Å². The molecule has 1 aromatic rings. The van der Waals surface area contributed by atoms with E-state index in [2.05, 4.69) is 0 Å². The van der Waals surface area contributed by atoms with E-state index in [1.165, 1.54) is 6.92 Å². The first-order chi connectivity index (χ1) is 7.59. The number of nitrogens with zero attached hydrogens (tertiary/aromatic N) is 1. The molecule has 4 heteroatoms. The fourth-order valence-corrected chi connectivity index (χ4v) is 1.88. The Morgan fingerprint density at radius 1 is 1.25 bits per heavy atom. The smallest absolute Gasteiger partial charge is 0.254 e. The van der Waals surface area contributed by atoms with E-state index in [0.29, 0.717) is 13.1 Å². The van der Waals surface area contributed by atoms with Crippen molar-refractivity contribution in [2.24, 2.45) is 0 Å². The lowest BCUT2D eigenvalue weighted by molar-refractivity contribution is -0.146. The predicted octanol–water partition coefficient (Wildman–Crippen LogP) is 0.270. The second-order valence-corrected chi connectivity index (χ2v) is 4.15. The largest absolute Gasteiger partial charge is 0.390 e. The lowest BCUT2D eigenvalue weighted by atomic mass is 10.1. The van der Waals surface area contributed by atoms with Gasteiger partial charge in [0.15, 0.2) is 6.10 Å². The normalized spacial score (nSPS) is 18.1. The molecule has 0 saturated carbocycles. The summed E-state index contributed by atoms with van der Waals surface area (Å²) in [5.41, 5.74) is 2.21. The maximum atomic E-state index is 11.8. The third kappa shape index (κ3) is 1.94. The summed E-state index contributed by atoms with van der Waals surface area (Å²) in [6, 6.07) is 7.80. The second-order valence-electron chi connectivity index (χ2n) is 4.15. The topological polar surface area (TPSA) is 60.8 Å². The van der Waals surface area contributed by atoms with Gasteiger partial charge in [-0.05, 0) is 18.1 Å². The van der Waals surface area contributed by atoms with Gasteiger partial charge in [0, 0.05) is 13.1 Å². The number of rotatable bonds is 2. The number of aliphatic hydroxyl groups is 2. The van der Waals surface area contributed by atoms with Crippen LogP contribution in [0.15, 0.2) is 24.3 Å². The average molecular weight is 221 g/mol. The van der Waals surface area contributed by atoms with Crippen molar-refractivity contribution in [2.45, 2.75) is 32.2 Å². The average Bonchev–Trinajstić information content (AvgIpc) is 2.70. The van der Waals surface area contributed by atoms with Crippen LogP contribution < -0.4 is 0 Å². The van der Waals surface area contributed by atoms with Gasteiger partial charge in [0.2, 0.25) is 0 Å². The summed E-state index contributed by atoms with van der Waals surface area (Å²) in [6.07, 6.45) is -2.36. The highest BCUT2D eigenvalue weighted by atomic mass is 16.3. The highest BCUT2D eigenvalue weighted by molar-refractivity contribution is 5.81. The quantitative estimate of drug-likeness (QED) is 0.753. The van der Waals surface area contributed by atoms with Gasteiger partial charge in [0.05, 0.1) is 6.10 Å². The molecule has 0 aromatic heterocycles. The van der Waals surface area contributed by atoms with E-state index in [0.717, 1.165) is 11.1 Å². The molecule has 0 fully saturated rings. The van der Waals surface area contributed by atoms with E-state index >= 15 is 0 Å². The molecule has 0 bridgehead atoms. The number of carbonyl (C=O) groups is 1. The van der Waals surface area contributed by atoms with Crippen molar-refractivity contribution in [1.82, 2.24) is 4.90 Å². The van der Waals surface area contributed by atoms with Crippen molar-refractivity contribution in [1.29, 1.82) is 0 Å². The number of fused-ring (bicyclic) bond motifs is 1. The number of aliphatic hydroxyl groups excluding tert-OH is 2. The highest BCUT2D eigenvalue weighted by Gasteiger charge is 2.29. The Kier molecular flexibility index (Phi) is 2.94. The van der Waals surface area contributed by atoms with E-state index in [4.69, 9.17) is 0 Å². The van der Waals surface area contributed by atoms with Crippen LogP contribution in [-0.4, -0.2) is 33.2 Å². The van der Waals surface area contributed by atoms with Gasteiger partial charge in [0.1, 0.15) is 0 Å². The summed E-state index contributed by atoms with van der Waals surface area (Å²) in [5.74, 6) is -0.411. The molecular weight excluding hydrogens is 206 g/mol. The molecule has 2 unspecified atom stereocenters. The molecule has 0 spiro atoms. The molecule has 1 aliphatic rings. The van der Waals surface area contributed by atoms with Crippen LogP contribution in [0, 0.1) is 0 Å². The van der Waals surface area contributed by atoms with Gasteiger partial charge in [-0.2, -0.15) is 0 Å². The third-order valence-electron chi connectivity index (χ3n) is 2.86. The van der Waals surface area contributed by atoms with Crippen LogP contribution in [-0.2, 0) is 17.9 Å². The van der Waals surface area contributed by atoms with Crippen molar-refractivity contribution in [3.05, 3.63) is 35.4 Å². The van der Waals surface area contributed by atoms with Crippen molar-refractivity contribution < 1.29 is 15.0 Å². The van der Waals surface area contributed by atoms with E-state index in [1.807, 2.05) is 24.3 Å². The first kappa shape index (κ1) is 11.1. The van der Waals surface area contributed by atoms with Gasteiger partial charge in [0.25, 0.3) is 5.91 Å². The molecule has 1 aromatic carbocycles. The molecule has 16 heavy (non-hydrogen) atoms. The number of benzene rings is 1. The summed E-state index contributed by atoms with van der Waals surface area (Å²) >= 11 is 0. The SMILES string of the molecule is CC(O)C(O)C(=O)N1Cc2ccccc2C1. The number of hydrogen-bond donors (Lipinski definition) is 2. The van der Waals surface area contributed by atoms with Crippen LogP contribution in [0.2, 0.25) is 0 Å². The predicted molar refractivity (Wildman–Crippen MR) is 58.4 cm³/mol. The Balaban J connectivity index is 2.09. The van der Waals surface area contributed by atoms with E-state index in [-0.39, 0.29) is 0 Å². The summed E-state index contributed by atoms with van der Waals surface area (Å²) in [5, 5.41) is 18.7. The highest BCUT2D eigenvalue weighted by Crippen LogP contribution is 2.22. The van der Waals surface area contributed by atoms with Crippen molar-refractivity contribution >= 4 is 5.91 Å². The van der Waals surface area contributed by atoms with Gasteiger partial charge >= 0.3 is 0 Å². The Hall–Kier alpha value is -1.39. The molecule has 1 amide bonds. The van der Waals surface area contributed by atoms with Crippen LogP contribution in [0.5, 0.6) is 0 Å². The number of hydrogen-bond acceptors (Lipinski definition) is 3. The zero-order valence-electron chi connectivity index (χ0n) is 9.13. The molecule has 4 nitrogen and oxygen atoms in total. The van der Waals surface area contributed by atoms with Crippen LogP contribution in [0.3, 0.4) is 0 Å². The minimum absolute atomic E-state index is 0.411. The summed E-state index contributed by atoms with van der Waals surface area (Å²) in [6.45, 7) is 2.43. The maximum Gasteiger partial charge on any atom is 0.254 e. The summed E-state index contributed by atoms with van der Waals surface area (Å²) in [7, 11) is 0. The summed E-state index contributed by atoms with van der Waals surface area (Å²) in [4.78, 5) is 13.3. The van der Waals surface area contributed by atoms with Crippen LogP contribution in [0.1, 0.15) is 18.1 Å². The molecule has 1 heterocycles. The monoisotopic (exact) mass is 221 g/mol. The second kappa shape index (κ2) is 4.23. The molecular formula is C12H15NO3. The van der Waals surface area contributed by atoms with Crippen molar-refractivity contribution in [2.75, 3.05) is 0 Å². The molecule has 0 saturated heterocycles. The Bertz CT molecular complexity index is 378. The molecule has 86 valence electrons. The molecule has 2 atom stereocenters. The van der Waals surface area contributed by atoms with Crippen molar-refractivity contribution in [3.8, 4) is 0 Å². The zero-order valence-corrected chi connectivity index (χ0v) is 9.13. The molecule has 2 rings (SSSR count). The Morgan fingerprint density at radius 3 is 2.19 bits per heavy atom. The fourth-order valence-electron chi connectivity index (χ4n) is 1.88. The van der Waals surface area contributed by atoms with Crippen LogP contribution in [0.25, 0.3) is 0 Å². The lowest BCUT2D eigenvalue weighted by Crippen LogP contribution is -2.41. The molecule has 1 aliphatic heterocycles. The maximum absolute atomic E-state index is 11.8. The van der Waals surface area contributed by atoms with Gasteiger partial charge in [-0.3, -0.25) is 4.79 Å². The molecule has 0 aliphatic carbocycles. The van der Waals surface area contributed by atoms with E-state index in [1.54, 1.807) is 4.90 Å². The minimum Gasteiger partial charge on any atom is -0.390 e. The van der Waals surface area contributed by atoms with Gasteiger partial charge < -0.3 is 15.1 Å². The number of amides is 1. The van der Waals surface area contributed by atoms with Crippen LogP contribution in [0.4, 0.5) is 0 Å². The van der Waals surface area contributed by atoms with Gasteiger partial charge in [-0.25, -0.2) is 0 Å². The number of carbonyl (C=O) groups excluding carboxylic acids is 1. The standard InChI is InChI=1S/C12H15NO3/c1-8(14)11(15)12(16)13-6-9-4-2-3-5-10(9)7-13/h2-5,8,11,14-15H,6-7H2,1H3. The van der Waals surface area contributed by atoms with Crippen molar-refractivity contribution in [3.63, 3.8) is 0 Å². The van der Waals surface area contributed by atoms with E-state index < -0.39 is 18.1 Å². The third-order valence-corrected chi connectivity index (χ3v) is 2.86. The lowest BCUT2D eigenvalue weighted by Gasteiger charge is -2.21. The molecule has 2 N–H and O–H groups in total. The first-order valence-electron chi connectivity index (χ1n) is 5.31. The zero-order chi connectivity index (χ0) is 11.7. The minimum atomic E-state index is -1.32. The Morgan fingerprint density at radius 2 is 1.75 bits per heavy atom. The Labute approximate surface area is 94.1 Å². The van der Waals surface area contributed by atoms with Gasteiger partial charge in [-0.1, -0.05) is 24.3 Å². The fraction of sp³-hybridized carbons (Fsp3) is 0.417. The summed E-state index contributed by atoms with van der Waals surface area (Å²) < 4.78 is 0. The van der Waals surface area contributed by atoms with Crippen LogP contribution >= 0.6 is 0 Å².